The fraction of sp³-hybridized carbons (Fsp3) is 0.938. The summed E-state index contributed by atoms with van der Waals surface area (Å²) in [6.07, 6.45) is 6.52. The Balaban J connectivity index is 2.01. The van der Waals surface area contributed by atoms with Crippen LogP contribution in [0.5, 0.6) is 0 Å². The van der Waals surface area contributed by atoms with Crippen molar-refractivity contribution < 1.29 is 9.53 Å². The van der Waals surface area contributed by atoms with Crippen LogP contribution in [0.15, 0.2) is 0 Å². The predicted molar refractivity (Wildman–Crippen MR) is 84.1 cm³/mol. The number of nitrogens with one attached hydrogen (secondary N) is 1. The molecule has 0 bridgehead atoms. The van der Waals surface area contributed by atoms with E-state index in [2.05, 4.69) is 24.1 Å². The number of hydrogen-bond acceptors (Lipinski definition) is 4. The Morgan fingerprint density at radius 2 is 1.95 bits per heavy atom. The SMILES string of the molecule is CCCC(N)C(=O)NC(C)C1(N2CCOCC2)CCCC1. The van der Waals surface area contributed by atoms with Crippen LogP contribution >= 0.6 is 0 Å². The first-order valence-corrected chi connectivity index (χ1v) is 8.49. The lowest BCUT2D eigenvalue weighted by Gasteiger charge is -2.47. The molecule has 5 nitrogen and oxygen atoms in total. The van der Waals surface area contributed by atoms with E-state index in [0.717, 1.165) is 52.0 Å². The number of ether oxygens (including phenoxy) is 1. The van der Waals surface area contributed by atoms with E-state index in [1.807, 2.05) is 0 Å². The van der Waals surface area contributed by atoms with E-state index in [4.69, 9.17) is 10.5 Å². The quantitative estimate of drug-likeness (QED) is 0.774. The first kappa shape index (κ1) is 16.7. The highest BCUT2D eigenvalue weighted by atomic mass is 16.5. The predicted octanol–water partition coefficient (Wildman–Crippen LogP) is 1.26. The minimum atomic E-state index is -0.374. The van der Waals surface area contributed by atoms with E-state index in [-0.39, 0.29) is 23.5 Å². The zero-order valence-corrected chi connectivity index (χ0v) is 13.6. The largest absolute Gasteiger partial charge is 0.379 e. The van der Waals surface area contributed by atoms with Gasteiger partial charge >= 0.3 is 0 Å². The molecule has 0 aromatic heterocycles. The molecule has 3 N–H and O–H groups in total. The van der Waals surface area contributed by atoms with Crippen molar-refractivity contribution in [1.29, 1.82) is 0 Å². The molecule has 0 aromatic carbocycles. The highest BCUT2D eigenvalue weighted by molar-refractivity contribution is 5.81. The highest BCUT2D eigenvalue weighted by Gasteiger charge is 2.45. The maximum Gasteiger partial charge on any atom is 0.237 e. The first-order valence-electron chi connectivity index (χ1n) is 8.49. The number of nitrogens with zero attached hydrogens (tertiary/aromatic N) is 1. The molecule has 2 atom stereocenters. The molecule has 1 aliphatic heterocycles. The molecule has 5 heteroatoms. The topological polar surface area (TPSA) is 67.6 Å². The van der Waals surface area contributed by atoms with Gasteiger partial charge in [0.15, 0.2) is 0 Å². The van der Waals surface area contributed by atoms with Crippen LogP contribution in [0.2, 0.25) is 0 Å². The van der Waals surface area contributed by atoms with Gasteiger partial charge in [0.1, 0.15) is 0 Å². The van der Waals surface area contributed by atoms with E-state index >= 15 is 0 Å². The zero-order chi connectivity index (χ0) is 15.3. The maximum atomic E-state index is 12.2. The molecule has 2 unspecified atom stereocenters. The van der Waals surface area contributed by atoms with Crippen LogP contribution in [0.1, 0.15) is 52.4 Å². The minimum absolute atomic E-state index is 0.00360. The molecule has 1 saturated heterocycles. The van der Waals surface area contributed by atoms with E-state index < -0.39 is 0 Å². The summed E-state index contributed by atoms with van der Waals surface area (Å²) in [7, 11) is 0. The molecule has 1 saturated carbocycles. The van der Waals surface area contributed by atoms with E-state index in [9.17, 15) is 4.79 Å². The lowest BCUT2D eigenvalue weighted by Crippen LogP contribution is -2.63. The minimum Gasteiger partial charge on any atom is -0.379 e. The first-order chi connectivity index (χ1) is 10.1. The molecule has 2 rings (SSSR count). The van der Waals surface area contributed by atoms with Crippen molar-refractivity contribution in [3.63, 3.8) is 0 Å². The number of hydrogen-bond donors (Lipinski definition) is 2. The van der Waals surface area contributed by atoms with E-state index in [1.165, 1.54) is 12.8 Å². The van der Waals surface area contributed by atoms with Crippen LogP contribution in [0, 0.1) is 0 Å². The molecule has 1 aliphatic carbocycles. The van der Waals surface area contributed by atoms with Gasteiger partial charge in [0.25, 0.3) is 0 Å². The third kappa shape index (κ3) is 3.76. The standard InChI is InChI=1S/C16H31N3O2/c1-3-6-14(17)15(20)18-13(2)16(7-4-5-8-16)19-9-11-21-12-10-19/h13-14H,3-12,17H2,1-2H3,(H,18,20). The van der Waals surface area contributed by atoms with Crippen molar-refractivity contribution in [3.8, 4) is 0 Å². The molecule has 0 aromatic rings. The van der Waals surface area contributed by atoms with Crippen LogP contribution < -0.4 is 11.1 Å². The van der Waals surface area contributed by atoms with Gasteiger partial charge in [0.2, 0.25) is 5.91 Å². The number of nitrogens with two attached hydrogens (primary N) is 1. The van der Waals surface area contributed by atoms with Crippen LogP contribution in [0.4, 0.5) is 0 Å². The van der Waals surface area contributed by atoms with Gasteiger partial charge in [-0.2, -0.15) is 0 Å². The van der Waals surface area contributed by atoms with Crippen molar-refractivity contribution in [2.45, 2.75) is 70.0 Å². The summed E-state index contributed by atoms with van der Waals surface area (Å²) in [5, 5.41) is 3.20. The Morgan fingerprint density at radius 3 is 2.52 bits per heavy atom. The van der Waals surface area contributed by atoms with Crippen molar-refractivity contribution in [1.82, 2.24) is 10.2 Å². The molecule has 122 valence electrons. The second-order valence-electron chi connectivity index (χ2n) is 6.54. The summed E-state index contributed by atoms with van der Waals surface area (Å²) in [6, 6.07) is -0.228. The highest BCUT2D eigenvalue weighted by Crippen LogP contribution is 2.38. The Bertz CT molecular complexity index is 336. The molecular weight excluding hydrogens is 266 g/mol. The van der Waals surface area contributed by atoms with Crippen LogP contribution in [0.25, 0.3) is 0 Å². The molecule has 1 heterocycles. The monoisotopic (exact) mass is 297 g/mol. The normalized spacial score (nSPS) is 25.5. The number of amides is 1. The Morgan fingerprint density at radius 1 is 1.33 bits per heavy atom. The van der Waals surface area contributed by atoms with Gasteiger partial charge < -0.3 is 15.8 Å². The number of carbonyl (C=O) groups excluding carboxylic acids is 1. The van der Waals surface area contributed by atoms with Gasteiger partial charge in [-0.05, 0) is 26.2 Å². The number of rotatable bonds is 6. The Hall–Kier alpha value is -0.650. The van der Waals surface area contributed by atoms with Crippen LogP contribution in [0.3, 0.4) is 0 Å². The molecule has 2 aliphatic rings. The number of morpholine rings is 1. The van der Waals surface area contributed by atoms with Crippen molar-refractivity contribution in [2.75, 3.05) is 26.3 Å². The van der Waals surface area contributed by atoms with Crippen LogP contribution in [-0.4, -0.2) is 54.7 Å². The second-order valence-corrected chi connectivity index (χ2v) is 6.54. The zero-order valence-electron chi connectivity index (χ0n) is 13.6. The molecule has 1 amide bonds. The smallest absolute Gasteiger partial charge is 0.237 e. The third-order valence-corrected chi connectivity index (χ3v) is 5.21. The molecule has 0 spiro atoms. The van der Waals surface area contributed by atoms with Gasteiger partial charge in [-0.1, -0.05) is 26.2 Å². The second kappa shape index (κ2) is 7.56. The lowest BCUT2D eigenvalue weighted by atomic mass is 9.86. The van der Waals surface area contributed by atoms with Gasteiger partial charge in [-0.15, -0.1) is 0 Å². The van der Waals surface area contributed by atoms with Crippen molar-refractivity contribution in [3.05, 3.63) is 0 Å². The Labute approximate surface area is 128 Å². The summed E-state index contributed by atoms with van der Waals surface area (Å²) in [4.78, 5) is 14.8. The van der Waals surface area contributed by atoms with Crippen molar-refractivity contribution in [2.24, 2.45) is 5.73 Å². The summed E-state index contributed by atoms with van der Waals surface area (Å²) >= 11 is 0. The fourth-order valence-electron chi connectivity index (χ4n) is 3.92. The van der Waals surface area contributed by atoms with E-state index in [0.29, 0.717) is 0 Å². The summed E-state index contributed by atoms with van der Waals surface area (Å²) in [6.45, 7) is 7.76. The van der Waals surface area contributed by atoms with Gasteiger partial charge in [0, 0.05) is 24.7 Å². The van der Waals surface area contributed by atoms with Crippen LogP contribution in [-0.2, 0) is 9.53 Å². The summed E-state index contributed by atoms with van der Waals surface area (Å²) in [5.74, 6) is 0.00360. The average Bonchev–Trinajstić information content (AvgIpc) is 2.99. The summed E-state index contributed by atoms with van der Waals surface area (Å²) < 4.78 is 5.49. The fourth-order valence-corrected chi connectivity index (χ4v) is 3.92. The van der Waals surface area contributed by atoms with Gasteiger partial charge in [-0.3, -0.25) is 9.69 Å². The molecule has 21 heavy (non-hydrogen) atoms. The van der Waals surface area contributed by atoms with E-state index in [1.54, 1.807) is 0 Å². The van der Waals surface area contributed by atoms with Gasteiger partial charge in [-0.25, -0.2) is 0 Å². The molecule has 0 radical (unpaired) electrons. The third-order valence-electron chi connectivity index (χ3n) is 5.21. The maximum absolute atomic E-state index is 12.2. The number of carbonyl (C=O) groups is 1. The molecule has 2 fully saturated rings. The molecular formula is C16H31N3O2. The Kier molecular flexibility index (Phi) is 6.02. The van der Waals surface area contributed by atoms with Gasteiger partial charge in [0.05, 0.1) is 19.3 Å². The average molecular weight is 297 g/mol. The van der Waals surface area contributed by atoms with Crippen molar-refractivity contribution >= 4 is 5.91 Å². The summed E-state index contributed by atoms with van der Waals surface area (Å²) in [5.41, 5.74) is 6.05. The lowest BCUT2D eigenvalue weighted by molar-refractivity contribution is -0.124.